The fraction of sp³-hybridized carbons (Fsp3) is 0.688. The molecule has 8 heteroatoms. The summed E-state index contributed by atoms with van der Waals surface area (Å²) in [4.78, 5) is 13.7. The van der Waals surface area contributed by atoms with Gasteiger partial charge in [-0.15, -0.1) is 0 Å². The Hall–Kier alpha value is -1.54. The second-order valence-corrected chi connectivity index (χ2v) is 6.13. The van der Waals surface area contributed by atoms with E-state index in [1.807, 2.05) is 10.2 Å². The first kappa shape index (κ1) is 18.8. The maximum atomic E-state index is 12.2. The lowest BCUT2D eigenvalue weighted by Crippen LogP contribution is -2.45. The number of carbonyl (C=O) groups is 1. The highest BCUT2D eigenvalue weighted by Gasteiger charge is 2.30. The Kier molecular flexibility index (Phi) is 6.68. The van der Waals surface area contributed by atoms with Gasteiger partial charge in [-0.3, -0.25) is 9.69 Å². The van der Waals surface area contributed by atoms with Crippen molar-refractivity contribution in [3.63, 3.8) is 0 Å². The number of alkyl halides is 3. The third kappa shape index (κ3) is 6.16. The molecule has 1 saturated heterocycles. The van der Waals surface area contributed by atoms with E-state index in [4.69, 9.17) is 4.42 Å². The van der Waals surface area contributed by atoms with Gasteiger partial charge in [0.25, 0.3) is 0 Å². The van der Waals surface area contributed by atoms with Gasteiger partial charge in [-0.05, 0) is 37.9 Å². The first-order valence-electron chi connectivity index (χ1n) is 8.14. The van der Waals surface area contributed by atoms with Gasteiger partial charge >= 0.3 is 6.18 Å². The number of aliphatic hydroxyl groups excluding tert-OH is 1. The van der Waals surface area contributed by atoms with E-state index in [1.54, 1.807) is 12.1 Å². The van der Waals surface area contributed by atoms with Crippen molar-refractivity contribution in [3.05, 3.63) is 24.2 Å². The quantitative estimate of drug-likeness (QED) is 0.829. The Morgan fingerprint density at radius 3 is 2.88 bits per heavy atom. The number of furan rings is 1. The molecule has 2 atom stereocenters. The number of carbonyl (C=O) groups excluding carboxylic acids is 1. The molecule has 5 nitrogen and oxygen atoms in total. The summed E-state index contributed by atoms with van der Waals surface area (Å²) in [5, 5.41) is 12.2. The zero-order valence-electron chi connectivity index (χ0n) is 13.4. The fourth-order valence-corrected chi connectivity index (χ4v) is 3.01. The summed E-state index contributed by atoms with van der Waals surface area (Å²) >= 11 is 0. The summed E-state index contributed by atoms with van der Waals surface area (Å²) in [6.45, 7) is -0.778. The van der Waals surface area contributed by atoms with E-state index in [9.17, 15) is 23.1 Å². The average molecular weight is 348 g/mol. The van der Waals surface area contributed by atoms with Crippen molar-refractivity contribution < 1.29 is 27.5 Å². The van der Waals surface area contributed by atoms with E-state index < -0.39 is 24.7 Å². The van der Waals surface area contributed by atoms with Crippen molar-refractivity contribution in [3.8, 4) is 0 Å². The van der Waals surface area contributed by atoms with Gasteiger partial charge in [0, 0.05) is 6.04 Å². The molecule has 2 rings (SSSR count). The van der Waals surface area contributed by atoms with Gasteiger partial charge in [0.15, 0.2) is 0 Å². The molecule has 0 spiro atoms. The predicted octanol–water partition coefficient (Wildman–Crippen LogP) is 2.63. The van der Waals surface area contributed by atoms with Crippen LogP contribution >= 0.6 is 0 Å². The molecule has 24 heavy (non-hydrogen) atoms. The minimum Gasteiger partial charge on any atom is -0.467 e. The third-order valence-electron chi connectivity index (χ3n) is 4.20. The van der Waals surface area contributed by atoms with Crippen LogP contribution in [0.15, 0.2) is 22.8 Å². The van der Waals surface area contributed by atoms with Crippen LogP contribution in [-0.4, -0.2) is 47.8 Å². The summed E-state index contributed by atoms with van der Waals surface area (Å²) in [5.41, 5.74) is 0. The number of aliphatic hydroxyl groups is 1. The molecule has 136 valence electrons. The van der Waals surface area contributed by atoms with Gasteiger partial charge in [-0.25, -0.2) is 0 Å². The molecule has 1 aliphatic heterocycles. The minimum atomic E-state index is -4.41. The molecule has 0 aliphatic carbocycles. The van der Waals surface area contributed by atoms with Crippen LogP contribution < -0.4 is 5.32 Å². The lowest BCUT2D eigenvalue weighted by molar-refractivity contribution is -0.139. The number of hydrogen-bond donors (Lipinski definition) is 2. The Balaban J connectivity index is 1.92. The van der Waals surface area contributed by atoms with Crippen molar-refractivity contribution in [1.29, 1.82) is 0 Å². The zero-order chi connectivity index (χ0) is 17.6. The molecular formula is C16H23F3N2O3. The summed E-state index contributed by atoms with van der Waals surface area (Å²) in [5.74, 6) is -0.188. The summed E-state index contributed by atoms with van der Waals surface area (Å²) in [6.07, 6.45) is 0.329. The molecule has 1 aromatic rings. The Morgan fingerprint density at radius 2 is 2.21 bits per heavy atom. The Morgan fingerprint density at radius 1 is 1.42 bits per heavy atom. The van der Waals surface area contributed by atoms with E-state index >= 15 is 0 Å². The lowest BCUT2D eigenvalue weighted by Gasteiger charge is -2.30. The van der Waals surface area contributed by atoms with Crippen LogP contribution in [0.5, 0.6) is 0 Å². The second kappa shape index (κ2) is 8.53. The van der Waals surface area contributed by atoms with E-state index in [0.29, 0.717) is 18.7 Å². The molecule has 1 fully saturated rings. The number of hydrogen-bond acceptors (Lipinski definition) is 4. The van der Waals surface area contributed by atoms with E-state index in [2.05, 4.69) is 0 Å². The highest BCUT2D eigenvalue weighted by atomic mass is 19.4. The van der Waals surface area contributed by atoms with E-state index in [1.165, 1.54) is 6.26 Å². The second-order valence-electron chi connectivity index (χ2n) is 6.13. The van der Waals surface area contributed by atoms with Gasteiger partial charge in [0.05, 0.1) is 12.8 Å². The van der Waals surface area contributed by atoms with Crippen molar-refractivity contribution in [1.82, 2.24) is 10.2 Å². The number of nitrogens with one attached hydrogen (secondary N) is 1. The van der Waals surface area contributed by atoms with Crippen LogP contribution in [0.1, 0.15) is 44.0 Å². The van der Waals surface area contributed by atoms with Crippen molar-refractivity contribution >= 4 is 5.91 Å². The van der Waals surface area contributed by atoms with Crippen molar-refractivity contribution in [2.45, 2.75) is 50.4 Å². The first-order chi connectivity index (χ1) is 11.3. The van der Waals surface area contributed by atoms with Crippen LogP contribution in [0.4, 0.5) is 13.2 Å². The molecule has 0 radical (unpaired) electrons. The number of rotatable bonds is 6. The van der Waals surface area contributed by atoms with Crippen molar-refractivity contribution in [2.75, 3.05) is 19.6 Å². The summed E-state index contributed by atoms with van der Waals surface area (Å²) in [6, 6.07) is 3.31. The lowest BCUT2D eigenvalue weighted by atomic mass is 10.0. The molecule has 2 heterocycles. The number of amides is 1. The number of likely N-dealkylation sites (tertiary alicyclic amines) is 1. The number of nitrogens with zero attached hydrogens (tertiary/aromatic N) is 1. The van der Waals surface area contributed by atoms with Crippen LogP contribution in [0.25, 0.3) is 0 Å². The summed E-state index contributed by atoms with van der Waals surface area (Å²) in [7, 11) is 0. The third-order valence-corrected chi connectivity index (χ3v) is 4.20. The molecule has 0 aromatic carbocycles. The maximum Gasteiger partial charge on any atom is 0.405 e. The van der Waals surface area contributed by atoms with Crippen LogP contribution in [0.3, 0.4) is 0 Å². The smallest absolute Gasteiger partial charge is 0.405 e. The number of halogens is 3. The van der Waals surface area contributed by atoms with Crippen LogP contribution in [-0.2, 0) is 4.79 Å². The van der Waals surface area contributed by atoms with Crippen LogP contribution in [0, 0.1) is 0 Å². The Bertz CT molecular complexity index is 505. The molecule has 1 aliphatic rings. The van der Waals surface area contributed by atoms with Gasteiger partial charge in [-0.2, -0.15) is 13.2 Å². The maximum absolute atomic E-state index is 12.2. The molecular weight excluding hydrogens is 325 g/mol. The standard InChI is InChI=1S/C16H23F3N2O3/c17-16(18,19)11-20-15(23)10-21-7-3-1-2-5-12(21)9-13(22)14-6-4-8-24-14/h4,6,8,12-13,22H,1-3,5,7,9-11H2,(H,20,23). The van der Waals surface area contributed by atoms with E-state index in [-0.39, 0.29) is 12.6 Å². The molecule has 2 N–H and O–H groups in total. The van der Waals surface area contributed by atoms with Gasteiger partial charge in [-0.1, -0.05) is 12.8 Å². The van der Waals surface area contributed by atoms with Crippen molar-refractivity contribution in [2.24, 2.45) is 0 Å². The normalized spacial score (nSPS) is 21.2. The minimum absolute atomic E-state index is 0.0655. The monoisotopic (exact) mass is 348 g/mol. The van der Waals surface area contributed by atoms with Crippen LogP contribution in [0.2, 0.25) is 0 Å². The highest BCUT2D eigenvalue weighted by Crippen LogP contribution is 2.26. The highest BCUT2D eigenvalue weighted by molar-refractivity contribution is 5.78. The van der Waals surface area contributed by atoms with Gasteiger partial charge in [0.2, 0.25) is 5.91 Å². The molecule has 0 saturated carbocycles. The molecule has 0 bridgehead atoms. The summed E-state index contributed by atoms with van der Waals surface area (Å²) < 4.78 is 41.8. The zero-order valence-corrected chi connectivity index (χ0v) is 13.4. The Labute approximate surface area is 138 Å². The van der Waals surface area contributed by atoms with Gasteiger partial charge < -0.3 is 14.8 Å². The SMILES string of the molecule is O=C(CN1CCCCCC1CC(O)c1ccco1)NCC(F)(F)F. The average Bonchev–Trinajstić information content (AvgIpc) is 2.96. The largest absolute Gasteiger partial charge is 0.467 e. The molecule has 1 aromatic heterocycles. The van der Waals surface area contributed by atoms with Gasteiger partial charge in [0.1, 0.15) is 18.4 Å². The first-order valence-corrected chi connectivity index (χ1v) is 8.14. The topological polar surface area (TPSA) is 65.7 Å². The van der Waals surface area contributed by atoms with E-state index in [0.717, 1.165) is 25.7 Å². The predicted molar refractivity (Wildman–Crippen MR) is 81.2 cm³/mol. The fourth-order valence-electron chi connectivity index (χ4n) is 3.01. The molecule has 2 unspecified atom stereocenters. The molecule has 1 amide bonds.